The molecule has 1 unspecified atom stereocenters. The fourth-order valence-electron chi connectivity index (χ4n) is 3.43. The third kappa shape index (κ3) is 2.75. The molecule has 4 rings (SSSR count). The van der Waals surface area contributed by atoms with Crippen molar-refractivity contribution in [2.75, 3.05) is 0 Å². The first-order chi connectivity index (χ1) is 13.1. The van der Waals surface area contributed by atoms with Crippen LogP contribution in [0.15, 0.2) is 60.8 Å². The summed E-state index contributed by atoms with van der Waals surface area (Å²) in [6.45, 7) is 1.88. The van der Waals surface area contributed by atoms with Crippen LogP contribution in [0.3, 0.4) is 0 Å². The Labute approximate surface area is 155 Å². The molecule has 0 bridgehead atoms. The summed E-state index contributed by atoms with van der Waals surface area (Å²) in [6.07, 6.45) is 2.19. The quantitative estimate of drug-likeness (QED) is 0.726. The van der Waals surface area contributed by atoms with Crippen molar-refractivity contribution in [2.24, 2.45) is 0 Å². The topological polar surface area (TPSA) is 79.4 Å². The second-order valence-corrected chi connectivity index (χ2v) is 6.35. The number of hydrogen-bond acceptors (Lipinski definition) is 4. The van der Waals surface area contributed by atoms with Crippen molar-refractivity contribution in [1.29, 1.82) is 0 Å². The van der Waals surface area contributed by atoms with Crippen LogP contribution in [-0.2, 0) is 4.79 Å². The maximum atomic E-state index is 12.9. The SMILES string of the molecule is CCC(C(=O)NN1C(=O)c2ccccc2C1=O)c1cccc2cccnc12. The lowest BCUT2D eigenvalue weighted by molar-refractivity contribution is -0.125. The molecule has 6 heteroatoms. The highest BCUT2D eigenvalue weighted by molar-refractivity contribution is 6.21. The summed E-state index contributed by atoms with van der Waals surface area (Å²) in [5.74, 6) is -1.98. The Morgan fingerprint density at radius 3 is 2.33 bits per heavy atom. The minimum atomic E-state index is -0.534. The number of pyridine rings is 1. The summed E-state index contributed by atoms with van der Waals surface area (Å²) < 4.78 is 0. The number of aromatic nitrogens is 1. The molecule has 2 aromatic carbocycles. The normalized spacial score (nSPS) is 14.3. The Morgan fingerprint density at radius 2 is 1.67 bits per heavy atom. The van der Waals surface area contributed by atoms with Crippen LogP contribution in [0.5, 0.6) is 0 Å². The average molecular weight is 359 g/mol. The first-order valence-electron chi connectivity index (χ1n) is 8.73. The van der Waals surface area contributed by atoms with Crippen molar-refractivity contribution in [2.45, 2.75) is 19.3 Å². The van der Waals surface area contributed by atoms with Gasteiger partial charge in [0.25, 0.3) is 11.8 Å². The molecule has 2 heterocycles. The minimum Gasteiger partial charge on any atom is -0.273 e. The molecule has 0 saturated heterocycles. The Hall–Kier alpha value is -3.54. The average Bonchev–Trinajstić information content (AvgIpc) is 2.94. The third-order valence-electron chi connectivity index (χ3n) is 4.78. The first-order valence-corrected chi connectivity index (χ1v) is 8.73. The van der Waals surface area contributed by atoms with E-state index in [2.05, 4.69) is 10.4 Å². The van der Waals surface area contributed by atoms with E-state index >= 15 is 0 Å². The molecular formula is C21H17N3O3. The molecule has 3 amide bonds. The molecule has 6 nitrogen and oxygen atoms in total. The van der Waals surface area contributed by atoms with Crippen molar-refractivity contribution in [3.05, 3.63) is 77.5 Å². The van der Waals surface area contributed by atoms with Crippen LogP contribution < -0.4 is 5.43 Å². The lowest BCUT2D eigenvalue weighted by atomic mass is 9.93. The van der Waals surface area contributed by atoms with Crippen LogP contribution >= 0.6 is 0 Å². The van der Waals surface area contributed by atoms with Crippen molar-refractivity contribution in [1.82, 2.24) is 15.4 Å². The Morgan fingerprint density at radius 1 is 1.00 bits per heavy atom. The zero-order chi connectivity index (χ0) is 19.0. The number of rotatable bonds is 4. The van der Waals surface area contributed by atoms with Crippen molar-refractivity contribution < 1.29 is 14.4 Å². The first kappa shape index (κ1) is 16.9. The number of carbonyl (C=O) groups excluding carboxylic acids is 3. The van der Waals surface area contributed by atoms with Gasteiger partial charge in [-0.1, -0.05) is 43.3 Å². The number of carbonyl (C=O) groups is 3. The number of benzene rings is 2. The van der Waals surface area contributed by atoms with E-state index in [-0.39, 0.29) is 0 Å². The molecule has 1 N–H and O–H groups in total. The van der Waals surface area contributed by atoms with E-state index in [1.54, 1.807) is 30.5 Å². The summed E-state index contributed by atoms with van der Waals surface area (Å²) in [7, 11) is 0. The second kappa shape index (κ2) is 6.64. The third-order valence-corrected chi connectivity index (χ3v) is 4.78. The molecule has 0 spiro atoms. The monoisotopic (exact) mass is 359 g/mol. The van der Waals surface area contributed by atoms with E-state index in [1.165, 1.54) is 0 Å². The van der Waals surface area contributed by atoms with Gasteiger partial charge in [0.05, 0.1) is 22.6 Å². The lowest BCUT2D eigenvalue weighted by Crippen LogP contribution is -2.47. The number of imide groups is 1. The lowest BCUT2D eigenvalue weighted by Gasteiger charge is -2.21. The van der Waals surface area contributed by atoms with Crippen molar-refractivity contribution in [3.63, 3.8) is 0 Å². The molecule has 0 saturated carbocycles. The van der Waals surface area contributed by atoms with Gasteiger partial charge in [0.2, 0.25) is 5.91 Å². The number of nitrogens with one attached hydrogen (secondary N) is 1. The van der Waals surface area contributed by atoms with Gasteiger partial charge in [0.15, 0.2) is 0 Å². The standard InChI is InChI=1S/C21H17N3O3/c1-2-14(15-11-5-7-13-8-6-12-22-18(13)15)19(25)23-24-20(26)16-9-3-4-10-17(16)21(24)27/h3-12,14H,2H2,1H3,(H,23,25). The van der Waals surface area contributed by atoms with E-state index in [4.69, 9.17) is 0 Å². The zero-order valence-electron chi connectivity index (χ0n) is 14.7. The fraction of sp³-hybridized carbons (Fsp3) is 0.143. The molecule has 3 aromatic rings. The Bertz CT molecular complexity index is 1040. The van der Waals surface area contributed by atoms with Gasteiger partial charge in [-0.15, -0.1) is 0 Å². The van der Waals surface area contributed by atoms with Gasteiger partial charge in [-0.25, -0.2) is 0 Å². The van der Waals surface area contributed by atoms with Gasteiger partial charge in [-0.3, -0.25) is 24.8 Å². The molecule has 134 valence electrons. The van der Waals surface area contributed by atoms with E-state index in [9.17, 15) is 14.4 Å². The maximum absolute atomic E-state index is 12.9. The predicted octanol–water partition coefficient (Wildman–Crippen LogP) is 3.06. The Kier molecular flexibility index (Phi) is 4.16. The summed E-state index contributed by atoms with van der Waals surface area (Å²) in [5, 5.41) is 1.73. The number of hydrogen-bond donors (Lipinski definition) is 1. The van der Waals surface area contributed by atoms with Crippen LogP contribution in [0.2, 0.25) is 0 Å². The van der Waals surface area contributed by atoms with Crippen LogP contribution in [0.4, 0.5) is 0 Å². The van der Waals surface area contributed by atoms with Gasteiger partial charge in [0, 0.05) is 11.6 Å². The molecular weight excluding hydrogens is 342 g/mol. The zero-order valence-corrected chi connectivity index (χ0v) is 14.7. The van der Waals surface area contributed by atoms with Crippen LogP contribution in [0.1, 0.15) is 45.5 Å². The van der Waals surface area contributed by atoms with E-state index in [0.717, 1.165) is 21.5 Å². The van der Waals surface area contributed by atoms with Crippen LogP contribution in [0.25, 0.3) is 10.9 Å². The fourth-order valence-corrected chi connectivity index (χ4v) is 3.43. The molecule has 0 radical (unpaired) electrons. The van der Waals surface area contributed by atoms with E-state index < -0.39 is 23.6 Å². The molecule has 1 aromatic heterocycles. The largest absolute Gasteiger partial charge is 0.280 e. The number of para-hydroxylation sites is 1. The number of fused-ring (bicyclic) bond motifs is 2. The van der Waals surface area contributed by atoms with Crippen LogP contribution in [-0.4, -0.2) is 27.7 Å². The molecule has 0 aliphatic carbocycles. The van der Waals surface area contributed by atoms with Crippen molar-refractivity contribution in [3.8, 4) is 0 Å². The number of amides is 3. The van der Waals surface area contributed by atoms with Crippen molar-refractivity contribution >= 4 is 28.6 Å². The Balaban J connectivity index is 1.64. The number of nitrogens with zero attached hydrogens (tertiary/aromatic N) is 2. The summed E-state index contributed by atoms with van der Waals surface area (Å²) in [4.78, 5) is 42.3. The smallest absolute Gasteiger partial charge is 0.273 e. The number of hydrazine groups is 1. The van der Waals surface area contributed by atoms with E-state index in [1.807, 2.05) is 37.3 Å². The molecule has 0 fully saturated rings. The summed E-state index contributed by atoms with van der Waals surface area (Å²) >= 11 is 0. The van der Waals surface area contributed by atoms with Gasteiger partial charge in [-0.05, 0) is 30.2 Å². The predicted molar refractivity (Wildman–Crippen MR) is 99.9 cm³/mol. The highest BCUT2D eigenvalue weighted by Crippen LogP contribution is 2.28. The van der Waals surface area contributed by atoms with E-state index in [0.29, 0.717) is 17.5 Å². The maximum Gasteiger partial charge on any atom is 0.280 e. The van der Waals surface area contributed by atoms with Gasteiger partial charge < -0.3 is 0 Å². The van der Waals surface area contributed by atoms with Crippen LogP contribution in [0, 0.1) is 0 Å². The molecule has 1 aliphatic rings. The second-order valence-electron chi connectivity index (χ2n) is 6.35. The molecule has 1 atom stereocenters. The molecule has 1 aliphatic heterocycles. The molecule has 27 heavy (non-hydrogen) atoms. The summed E-state index contributed by atoms with van der Waals surface area (Å²) in [6, 6.07) is 16.0. The summed E-state index contributed by atoms with van der Waals surface area (Å²) in [5.41, 5.74) is 4.60. The van der Waals surface area contributed by atoms with Gasteiger partial charge >= 0.3 is 0 Å². The minimum absolute atomic E-state index is 0.294. The van der Waals surface area contributed by atoms with Gasteiger partial charge in [-0.2, -0.15) is 5.01 Å². The van der Waals surface area contributed by atoms with Gasteiger partial charge in [0.1, 0.15) is 0 Å². The highest BCUT2D eigenvalue weighted by atomic mass is 16.2. The highest BCUT2D eigenvalue weighted by Gasteiger charge is 2.37.